The lowest BCUT2D eigenvalue weighted by atomic mass is 9.78. The van der Waals surface area contributed by atoms with Crippen LogP contribution in [0.1, 0.15) is 41.6 Å². The molecule has 1 aliphatic heterocycles. The number of nitrogens with one attached hydrogen (secondary N) is 1. The highest BCUT2D eigenvalue weighted by atomic mass is 35.5. The summed E-state index contributed by atoms with van der Waals surface area (Å²) >= 11 is 6.03. The minimum atomic E-state index is -0.561. The Balaban J connectivity index is 1.63. The van der Waals surface area contributed by atoms with E-state index in [4.69, 9.17) is 16.3 Å². The largest absolute Gasteiger partial charge is 0.491 e. The van der Waals surface area contributed by atoms with Gasteiger partial charge in [0.15, 0.2) is 0 Å². The van der Waals surface area contributed by atoms with E-state index in [-0.39, 0.29) is 11.8 Å². The van der Waals surface area contributed by atoms with Crippen molar-refractivity contribution in [3.8, 4) is 5.75 Å². The summed E-state index contributed by atoms with van der Waals surface area (Å²) in [5.74, 6) is 0.417. The predicted octanol–water partition coefficient (Wildman–Crippen LogP) is 4.25. The van der Waals surface area contributed by atoms with Crippen LogP contribution in [-0.4, -0.2) is 36.9 Å². The number of fused-ring (bicyclic) bond motifs is 1. The van der Waals surface area contributed by atoms with E-state index in [1.807, 2.05) is 24.3 Å². The molecule has 2 aromatic rings. The molecule has 2 amide bonds. The van der Waals surface area contributed by atoms with Crippen molar-refractivity contribution >= 4 is 29.1 Å². The van der Waals surface area contributed by atoms with Gasteiger partial charge in [-0.1, -0.05) is 36.6 Å². The molecule has 0 aromatic heterocycles. The first kappa shape index (κ1) is 18.8. The Morgan fingerprint density at radius 1 is 1.14 bits per heavy atom. The number of ether oxygens (including phenoxy) is 1. The normalized spacial score (nSPS) is 18.2. The standard InChI is InChI=1S/C22H23ClN2O3/c1-25-12-13-28-19-9-8-17(14-18(19)20(25)26)24-21(27)22(10-2-3-11-22)15-4-6-16(23)7-5-15/h4-9,14H,2-3,10-13H2,1H3,(H,24,27). The maximum Gasteiger partial charge on any atom is 0.257 e. The number of anilines is 1. The molecule has 1 N–H and O–H groups in total. The van der Waals surface area contributed by atoms with E-state index in [2.05, 4.69) is 5.32 Å². The number of hydrogen-bond donors (Lipinski definition) is 1. The summed E-state index contributed by atoms with van der Waals surface area (Å²) in [7, 11) is 1.75. The Kier molecular flexibility index (Phi) is 5.02. The van der Waals surface area contributed by atoms with Crippen LogP contribution in [0.5, 0.6) is 5.75 Å². The molecule has 6 heteroatoms. The molecule has 2 aromatic carbocycles. The molecule has 5 nitrogen and oxygen atoms in total. The summed E-state index contributed by atoms with van der Waals surface area (Å²) in [6, 6.07) is 12.8. The number of halogens is 1. The Hall–Kier alpha value is -2.53. The molecule has 0 saturated heterocycles. The summed E-state index contributed by atoms with van der Waals surface area (Å²) in [6.45, 7) is 0.996. The van der Waals surface area contributed by atoms with Crippen molar-refractivity contribution in [2.24, 2.45) is 0 Å². The molecule has 0 bridgehead atoms. The molecule has 1 saturated carbocycles. The third-order valence-electron chi connectivity index (χ3n) is 5.79. The van der Waals surface area contributed by atoms with Gasteiger partial charge in [0, 0.05) is 17.8 Å². The predicted molar refractivity (Wildman–Crippen MR) is 109 cm³/mol. The molecule has 4 rings (SSSR count). The van der Waals surface area contributed by atoms with Gasteiger partial charge in [0.25, 0.3) is 5.91 Å². The molecule has 0 atom stereocenters. The summed E-state index contributed by atoms with van der Waals surface area (Å²) < 4.78 is 5.66. The Labute approximate surface area is 169 Å². The fraction of sp³-hybridized carbons (Fsp3) is 0.364. The smallest absolute Gasteiger partial charge is 0.257 e. The first-order chi connectivity index (χ1) is 13.5. The van der Waals surface area contributed by atoms with Crippen molar-refractivity contribution in [3.05, 3.63) is 58.6 Å². The van der Waals surface area contributed by atoms with Gasteiger partial charge >= 0.3 is 0 Å². The lowest BCUT2D eigenvalue weighted by Gasteiger charge is -2.28. The van der Waals surface area contributed by atoms with Crippen LogP contribution in [0.15, 0.2) is 42.5 Å². The lowest BCUT2D eigenvalue weighted by Crippen LogP contribution is -2.38. The Bertz CT molecular complexity index is 904. The van der Waals surface area contributed by atoms with Gasteiger partial charge in [-0.05, 0) is 48.7 Å². The molecular weight excluding hydrogens is 376 g/mol. The lowest BCUT2D eigenvalue weighted by molar-refractivity contribution is -0.121. The Morgan fingerprint density at radius 2 is 1.86 bits per heavy atom. The van der Waals surface area contributed by atoms with E-state index in [9.17, 15) is 9.59 Å². The van der Waals surface area contributed by atoms with Crippen LogP contribution in [0, 0.1) is 0 Å². The fourth-order valence-electron chi connectivity index (χ4n) is 4.15. The van der Waals surface area contributed by atoms with Crippen LogP contribution in [-0.2, 0) is 10.2 Å². The number of hydrogen-bond acceptors (Lipinski definition) is 3. The van der Waals surface area contributed by atoms with Crippen molar-refractivity contribution in [1.82, 2.24) is 4.90 Å². The second-order valence-corrected chi connectivity index (χ2v) is 7.97. The van der Waals surface area contributed by atoms with Gasteiger partial charge in [-0.15, -0.1) is 0 Å². The fourth-order valence-corrected chi connectivity index (χ4v) is 4.27. The van der Waals surface area contributed by atoms with Crippen LogP contribution in [0.2, 0.25) is 5.02 Å². The van der Waals surface area contributed by atoms with E-state index >= 15 is 0 Å². The maximum absolute atomic E-state index is 13.3. The molecule has 0 spiro atoms. The summed E-state index contributed by atoms with van der Waals surface area (Å²) in [4.78, 5) is 27.5. The molecule has 28 heavy (non-hydrogen) atoms. The summed E-state index contributed by atoms with van der Waals surface area (Å²) in [5.41, 5.74) is 1.51. The van der Waals surface area contributed by atoms with E-state index in [1.165, 1.54) is 0 Å². The van der Waals surface area contributed by atoms with Crippen molar-refractivity contribution in [3.63, 3.8) is 0 Å². The monoisotopic (exact) mass is 398 g/mol. The second-order valence-electron chi connectivity index (χ2n) is 7.54. The minimum Gasteiger partial charge on any atom is -0.491 e. The molecule has 146 valence electrons. The van der Waals surface area contributed by atoms with Gasteiger partial charge in [-0.25, -0.2) is 0 Å². The van der Waals surface area contributed by atoms with E-state index in [1.54, 1.807) is 30.1 Å². The van der Waals surface area contributed by atoms with E-state index in [0.717, 1.165) is 31.2 Å². The highest BCUT2D eigenvalue weighted by Crippen LogP contribution is 2.42. The van der Waals surface area contributed by atoms with Gasteiger partial charge in [-0.2, -0.15) is 0 Å². The zero-order valence-corrected chi connectivity index (χ0v) is 16.6. The number of benzene rings is 2. The average molecular weight is 399 g/mol. The third kappa shape index (κ3) is 3.35. The SMILES string of the molecule is CN1CCOc2ccc(NC(=O)C3(c4ccc(Cl)cc4)CCCC3)cc2C1=O. The van der Waals surface area contributed by atoms with Crippen molar-refractivity contribution < 1.29 is 14.3 Å². The van der Waals surface area contributed by atoms with Crippen LogP contribution in [0.25, 0.3) is 0 Å². The van der Waals surface area contributed by atoms with Crippen molar-refractivity contribution in [2.45, 2.75) is 31.1 Å². The van der Waals surface area contributed by atoms with Crippen LogP contribution >= 0.6 is 11.6 Å². The zero-order valence-electron chi connectivity index (χ0n) is 15.8. The topological polar surface area (TPSA) is 58.6 Å². The summed E-state index contributed by atoms with van der Waals surface area (Å²) in [6.07, 6.45) is 3.63. The van der Waals surface area contributed by atoms with E-state index < -0.39 is 5.41 Å². The number of amides is 2. The number of carbonyl (C=O) groups excluding carboxylic acids is 2. The molecule has 0 unspecified atom stereocenters. The van der Waals surface area contributed by atoms with Crippen LogP contribution < -0.4 is 10.1 Å². The molecule has 0 radical (unpaired) electrons. The van der Waals surface area contributed by atoms with Crippen molar-refractivity contribution in [1.29, 1.82) is 0 Å². The minimum absolute atomic E-state index is 0.0392. The van der Waals surface area contributed by atoms with Gasteiger partial charge in [0.2, 0.25) is 5.91 Å². The van der Waals surface area contributed by atoms with Gasteiger partial charge < -0.3 is 15.0 Å². The van der Waals surface area contributed by atoms with Crippen LogP contribution in [0.3, 0.4) is 0 Å². The second kappa shape index (κ2) is 7.47. The summed E-state index contributed by atoms with van der Waals surface area (Å²) in [5, 5.41) is 3.70. The van der Waals surface area contributed by atoms with E-state index in [0.29, 0.717) is 35.2 Å². The number of rotatable bonds is 3. The van der Waals surface area contributed by atoms with Gasteiger partial charge in [0.05, 0.1) is 17.5 Å². The molecule has 1 fully saturated rings. The molecule has 2 aliphatic rings. The Morgan fingerprint density at radius 3 is 2.57 bits per heavy atom. The first-order valence-electron chi connectivity index (χ1n) is 9.59. The molecule has 1 heterocycles. The first-order valence-corrected chi connectivity index (χ1v) is 9.97. The van der Waals surface area contributed by atoms with Crippen LogP contribution in [0.4, 0.5) is 5.69 Å². The highest BCUT2D eigenvalue weighted by Gasteiger charge is 2.42. The number of likely N-dealkylation sites (N-methyl/N-ethyl adjacent to an activating group) is 1. The molecule has 1 aliphatic carbocycles. The average Bonchev–Trinajstić information content (AvgIpc) is 3.15. The maximum atomic E-state index is 13.3. The highest BCUT2D eigenvalue weighted by molar-refractivity contribution is 6.30. The quantitative estimate of drug-likeness (QED) is 0.840. The number of nitrogens with zero attached hydrogens (tertiary/aromatic N) is 1. The van der Waals surface area contributed by atoms with Gasteiger partial charge in [0.1, 0.15) is 12.4 Å². The zero-order chi connectivity index (χ0) is 19.7. The number of carbonyl (C=O) groups is 2. The third-order valence-corrected chi connectivity index (χ3v) is 6.04. The van der Waals surface area contributed by atoms with Crippen molar-refractivity contribution in [2.75, 3.05) is 25.5 Å². The van der Waals surface area contributed by atoms with Gasteiger partial charge in [-0.3, -0.25) is 9.59 Å². The molecular formula is C22H23ClN2O3.